The Morgan fingerprint density at radius 1 is 0.828 bits per heavy atom. The third kappa shape index (κ3) is 3.42. The number of anilines is 1. The van der Waals surface area contributed by atoms with Gasteiger partial charge in [0.2, 0.25) is 0 Å². The van der Waals surface area contributed by atoms with Gasteiger partial charge in [0.25, 0.3) is 5.91 Å². The van der Waals surface area contributed by atoms with Crippen molar-refractivity contribution in [3.63, 3.8) is 0 Å². The minimum atomic E-state index is -0.0927. The quantitative estimate of drug-likeness (QED) is 0.549. The van der Waals surface area contributed by atoms with Crippen molar-refractivity contribution < 1.29 is 4.79 Å². The molecule has 0 bridgehead atoms. The highest BCUT2D eigenvalue weighted by atomic mass is 16.2. The summed E-state index contributed by atoms with van der Waals surface area (Å²) >= 11 is 0. The fourth-order valence-corrected chi connectivity index (χ4v) is 3.99. The summed E-state index contributed by atoms with van der Waals surface area (Å²) in [6.45, 7) is 10.3. The average Bonchev–Trinajstić information content (AvgIpc) is 3.11. The Morgan fingerprint density at radius 2 is 1.48 bits per heavy atom. The van der Waals surface area contributed by atoms with Gasteiger partial charge in [0.05, 0.1) is 17.0 Å². The Morgan fingerprint density at radius 3 is 2.14 bits per heavy atom. The number of hydrazone groups is 1. The monoisotopic (exact) mass is 383 g/mol. The van der Waals surface area contributed by atoms with Crippen molar-refractivity contribution in [3.8, 4) is 5.69 Å². The van der Waals surface area contributed by atoms with Crippen LogP contribution in [0, 0.1) is 27.7 Å². The Labute approximate surface area is 171 Å². The minimum absolute atomic E-state index is 0.0927. The van der Waals surface area contributed by atoms with Crippen molar-refractivity contribution in [1.29, 1.82) is 0 Å². The van der Waals surface area contributed by atoms with Crippen LogP contribution < -0.4 is 5.01 Å². The van der Waals surface area contributed by atoms with Gasteiger partial charge in [0.15, 0.2) is 0 Å². The number of amides is 1. The summed E-state index contributed by atoms with van der Waals surface area (Å²) in [7, 11) is 0. The molecule has 0 N–H and O–H groups in total. The van der Waals surface area contributed by atoms with Gasteiger partial charge in [-0.05, 0) is 87.7 Å². The standard InChI is InChI=1S/C25H25N3O/c1-16-11-17(2)13-23(12-16)27-18(3)14-21(20(27)5)15-24-19(4)26-28(25(24)29)22-9-7-6-8-10-22/h6-15H,1-5H3/b24-15+. The van der Waals surface area contributed by atoms with E-state index in [-0.39, 0.29) is 5.91 Å². The molecule has 0 fully saturated rings. The van der Waals surface area contributed by atoms with Crippen LogP contribution in [0.1, 0.15) is 35.0 Å². The van der Waals surface area contributed by atoms with Crippen LogP contribution in [0.3, 0.4) is 0 Å². The average molecular weight is 383 g/mol. The Hall–Kier alpha value is -3.40. The molecule has 0 saturated carbocycles. The lowest BCUT2D eigenvalue weighted by Gasteiger charge is -2.12. The second kappa shape index (κ2) is 7.21. The van der Waals surface area contributed by atoms with E-state index in [1.54, 1.807) is 0 Å². The van der Waals surface area contributed by atoms with Crippen LogP contribution in [0.5, 0.6) is 0 Å². The first-order valence-electron chi connectivity index (χ1n) is 9.79. The molecule has 2 aromatic carbocycles. The summed E-state index contributed by atoms with van der Waals surface area (Å²) in [5.41, 5.74) is 9.05. The highest BCUT2D eigenvalue weighted by Gasteiger charge is 2.29. The molecule has 1 aliphatic heterocycles. The maximum absolute atomic E-state index is 13.0. The van der Waals surface area contributed by atoms with Gasteiger partial charge in [-0.1, -0.05) is 24.3 Å². The summed E-state index contributed by atoms with van der Waals surface area (Å²) < 4.78 is 2.24. The maximum atomic E-state index is 13.0. The molecule has 4 heteroatoms. The van der Waals surface area contributed by atoms with Crippen molar-refractivity contribution >= 4 is 23.4 Å². The lowest BCUT2D eigenvalue weighted by atomic mass is 10.1. The van der Waals surface area contributed by atoms with Crippen LogP contribution >= 0.6 is 0 Å². The van der Waals surface area contributed by atoms with E-state index in [1.165, 1.54) is 16.1 Å². The van der Waals surface area contributed by atoms with E-state index in [9.17, 15) is 4.79 Å². The third-order valence-corrected chi connectivity index (χ3v) is 5.30. The number of para-hydroxylation sites is 1. The lowest BCUT2D eigenvalue weighted by Crippen LogP contribution is -2.21. The van der Waals surface area contributed by atoms with Crippen molar-refractivity contribution in [2.75, 3.05) is 5.01 Å². The van der Waals surface area contributed by atoms with Crippen LogP contribution in [0.4, 0.5) is 5.69 Å². The molecule has 4 nitrogen and oxygen atoms in total. The molecule has 0 saturated heterocycles. The predicted molar refractivity (Wildman–Crippen MR) is 120 cm³/mol. The van der Waals surface area contributed by atoms with Gasteiger partial charge in [-0.2, -0.15) is 10.1 Å². The topological polar surface area (TPSA) is 37.6 Å². The molecular weight excluding hydrogens is 358 g/mol. The van der Waals surface area contributed by atoms with E-state index in [0.717, 1.165) is 34.0 Å². The van der Waals surface area contributed by atoms with Crippen molar-refractivity contribution in [2.45, 2.75) is 34.6 Å². The fraction of sp³-hybridized carbons (Fsp3) is 0.200. The van der Waals surface area contributed by atoms with Crippen molar-refractivity contribution in [2.24, 2.45) is 5.10 Å². The number of carbonyl (C=O) groups excluding carboxylic acids is 1. The van der Waals surface area contributed by atoms with Crippen LogP contribution in [0.15, 0.2) is 65.3 Å². The van der Waals surface area contributed by atoms with Gasteiger partial charge in [-0.25, -0.2) is 0 Å². The number of hydrogen-bond donors (Lipinski definition) is 0. The van der Waals surface area contributed by atoms with Crippen LogP contribution in [-0.4, -0.2) is 16.2 Å². The van der Waals surface area contributed by atoms with E-state index < -0.39 is 0 Å². The lowest BCUT2D eigenvalue weighted by molar-refractivity contribution is -0.114. The minimum Gasteiger partial charge on any atom is -0.318 e. The van der Waals surface area contributed by atoms with E-state index in [1.807, 2.05) is 43.3 Å². The number of benzene rings is 2. The number of rotatable bonds is 3. The van der Waals surface area contributed by atoms with Gasteiger partial charge >= 0.3 is 0 Å². The van der Waals surface area contributed by atoms with Crippen molar-refractivity contribution in [1.82, 2.24) is 4.57 Å². The normalized spacial score (nSPS) is 15.3. The molecule has 29 heavy (non-hydrogen) atoms. The first-order valence-corrected chi connectivity index (χ1v) is 9.79. The molecular formula is C25H25N3O. The van der Waals surface area contributed by atoms with E-state index >= 15 is 0 Å². The largest absolute Gasteiger partial charge is 0.318 e. The molecule has 3 aromatic rings. The number of aryl methyl sites for hydroxylation is 3. The zero-order valence-corrected chi connectivity index (χ0v) is 17.5. The second-order valence-electron chi connectivity index (χ2n) is 7.70. The second-order valence-corrected chi connectivity index (χ2v) is 7.70. The zero-order valence-electron chi connectivity index (χ0n) is 17.5. The Kier molecular flexibility index (Phi) is 4.71. The summed E-state index contributed by atoms with van der Waals surface area (Å²) in [5.74, 6) is -0.0927. The molecule has 0 aliphatic carbocycles. The number of nitrogens with zero attached hydrogens (tertiary/aromatic N) is 3. The molecule has 1 amide bonds. The van der Waals surface area contributed by atoms with Gasteiger partial charge < -0.3 is 4.57 Å². The first-order chi connectivity index (χ1) is 13.8. The van der Waals surface area contributed by atoms with Crippen LogP contribution in [-0.2, 0) is 4.79 Å². The molecule has 2 heterocycles. The van der Waals surface area contributed by atoms with E-state index in [0.29, 0.717) is 5.57 Å². The first kappa shape index (κ1) is 18.9. The number of aromatic nitrogens is 1. The van der Waals surface area contributed by atoms with Gasteiger partial charge in [0.1, 0.15) is 0 Å². The molecule has 1 aromatic heterocycles. The van der Waals surface area contributed by atoms with Crippen LogP contribution in [0.2, 0.25) is 0 Å². The highest BCUT2D eigenvalue weighted by molar-refractivity contribution is 6.32. The molecule has 1 aliphatic rings. The Bertz CT molecular complexity index is 1150. The molecule has 0 spiro atoms. The number of carbonyl (C=O) groups is 1. The predicted octanol–water partition coefficient (Wildman–Crippen LogP) is 5.52. The van der Waals surface area contributed by atoms with Gasteiger partial charge in [-0.15, -0.1) is 0 Å². The summed E-state index contributed by atoms with van der Waals surface area (Å²) in [5, 5.41) is 5.96. The SMILES string of the molecule is CC1=NN(c2ccccc2)C(=O)/C1=C/c1cc(C)n(-c2cc(C)cc(C)c2)c1C. The molecule has 0 radical (unpaired) electrons. The third-order valence-electron chi connectivity index (χ3n) is 5.30. The summed E-state index contributed by atoms with van der Waals surface area (Å²) in [6, 6.07) is 18.2. The smallest absolute Gasteiger partial charge is 0.280 e. The fourth-order valence-electron chi connectivity index (χ4n) is 3.99. The molecule has 0 atom stereocenters. The highest BCUT2D eigenvalue weighted by Crippen LogP contribution is 2.28. The van der Waals surface area contributed by atoms with Crippen LogP contribution in [0.25, 0.3) is 11.8 Å². The molecule has 4 rings (SSSR count). The molecule has 0 unspecified atom stereocenters. The zero-order chi connectivity index (χ0) is 20.7. The van der Waals surface area contributed by atoms with Crippen molar-refractivity contribution in [3.05, 3.63) is 88.2 Å². The summed E-state index contributed by atoms with van der Waals surface area (Å²) in [6.07, 6.45) is 1.96. The van der Waals surface area contributed by atoms with E-state index in [2.05, 4.69) is 61.6 Å². The maximum Gasteiger partial charge on any atom is 0.280 e. The number of hydrogen-bond acceptors (Lipinski definition) is 2. The summed E-state index contributed by atoms with van der Waals surface area (Å²) in [4.78, 5) is 13.0. The Balaban J connectivity index is 1.74. The molecule has 146 valence electrons. The van der Waals surface area contributed by atoms with Gasteiger partial charge in [-0.3, -0.25) is 4.79 Å². The van der Waals surface area contributed by atoms with E-state index in [4.69, 9.17) is 0 Å². The van der Waals surface area contributed by atoms with Gasteiger partial charge in [0, 0.05) is 17.1 Å².